The molecule has 1 fully saturated rings. The molecule has 0 aliphatic carbocycles. The standard InChI is InChI=1S/C20H25FN4O2/c1-20(2,27-17-7-4-15(21)5-8-17)19(26)23-18-9-6-16(14-22-18)25-12-10-24(3)11-13-25/h4-9,14H,10-13H2,1-3H3,(H,22,23,26). The van der Waals surface area contributed by atoms with E-state index in [0.29, 0.717) is 11.6 Å². The second-order valence-electron chi connectivity index (χ2n) is 7.21. The van der Waals surface area contributed by atoms with Crippen molar-refractivity contribution >= 4 is 17.4 Å². The summed E-state index contributed by atoms with van der Waals surface area (Å²) in [5, 5.41) is 2.78. The van der Waals surface area contributed by atoms with Gasteiger partial charge in [0, 0.05) is 26.2 Å². The predicted octanol–water partition coefficient (Wildman–Crippen LogP) is 2.77. The summed E-state index contributed by atoms with van der Waals surface area (Å²) in [5.74, 6) is 0.213. The molecule has 7 heteroatoms. The lowest BCUT2D eigenvalue weighted by atomic mass is 10.1. The second kappa shape index (κ2) is 7.92. The van der Waals surface area contributed by atoms with E-state index in [9.17, 15) is 9.18 Å². The van der Waals surface area contributed by atoms with Gasteiger partial charge in [0.15, 0.2) is 5.60 Å². The molecule has 0 atom stereocenters. The molecule has 1 saturated heterocycles. The lowest BCUT2D eigenvalue weighted by Crippen LogP contribution is -2.44. The number of amides is 1. The van der Waals surface area contributed by atoms with E-state index in [4.69, 9.17) is 4.74 Å². The Morgan fingerprint density at radius 2 is 1.78 bits per heavy atom. The molecule has 2 heterocycles. The van der Waals surface area contributed by atoms with Crippen molar-refractivity contribution in [2.75, 3.05) is 43.4 Å². The number of piperazine rings is 1. The Kier molecular flexibility index (Phi) is 5.60. The summed E-state index contributed by atoms with van der Waals surface area (Å²) < 4.78 is 18.7. The zero-order valence-electron chi connectivity index (χ0n) is 15.9. The van der Waals surface area contributed by atoms with Crippen molar-refractivity contribution in [1.29, 1.82) is 0 Å². The van der Waals surface area contributed by atoms with Crippen LogP contribution in [0, 0.1) is 5.82 Å². The Morgan fingerprint density at radius 3 is 2.37 bits per heavy atom. The van der Waals surface area contributed by atoms with Crippen LogP contribution in [0.5, 0.6) is 5.75 Å². The lowest BCUT2D eigenvalue weighted by molar-refractivity contribution is -0.128. The van der Waals surface area contributed by atoms with Crippen LogP contribution in [-0.4, -0.2) is 54.6 Å². The first-order valence-corrected chi connectivity index (χ1v) is 8.99. The van der Waals surface area contributed by atoms with Gasteiger partial charge in [-0.15, -0.1) is 0 Å². The highest BCUT2D eigenvalue weighted by Gasteiger charge is 2.30. The Hall–Kier alpha value is -2.67. The molecule has 1 amide bonds. The quantitative estimate of drug-likeness (QED) is 0.875. The Balaban J connectivity index is 1.60. The van der Waals surface area contributed by atoms with Crippen molar-refractivity contribution in [3.05, 3.63) is 48.4 Å². The van der Waals surface area contributed by atoms with Crippen molar-refractivity contribution in [3.63, 3.8) is 0 Å². The number of hydrogen-bond donors (Lipinski definition) is 1. The van der Waals surface area contributed by atoms with Crippen LogP contribution < -0.4 is 15.0 Å². The van der Waals surface area contributed by atoms with E-state index in [1.54, 1.807) is 26.1 Å². The van der Waals surface area contributed by atoms with Crippen molar-refractivity contribution in [2.24, 2.45) is 0 Å². The van der Waals surface area contributed by atoms with Gasteiger partial charge in [0.05, 0.1) is 11.9 Å². The van der Waals surface area contributed by atoms with E-state index in [-0.39, 0.29) is 11.7 Å². The van der Waals surface area contributed by atoms with Gasteiger partial charge in [-0.05, 0) is 57.3 Å². The molecule has 1 aromatic carbocycles. The third kappa shape index (κ3) is 4.95. The van der Waals surface area contributed by atoms with Crippen molar-refractivity contribution in [3.8, 4) is 5.75 Å². The molecule has 0 unspecified atom stereocenters. The van der Waals surface area contributed by atoms with Gasteiger partial charge in [-0.3, -0.25) is 4.79 Å². The highest BCUT2D eigenvalue weighted by atomic mass is 19.1. The van der Waals surface area contributed by atoms with Crippen LogP contribution in [-0.2, 0) is 4.79 Å². The summed E-state index contributed by atoms with van der Waals surface area (Å²) in [5.41, 5.74) is -0.0850. The SMILES string of the molecule is CN1CCN(c2ccc(NC(=O)C(C)(C)Oc3ccc(F)cc3)nc2)CC1. The molecule has 27 heavy (non-hydrogen) atoms. The van der Waals surface area contributed by atoms with Crippen LogP contribution in [0.2, 0.25) is 0 Å². The van der Waals surface area contributed by atoms with Crippen LogP contribution >= 0.6 is 0 Å². The summed E-state index contributed by atoms with van der Waals surface area (Å²) in [6.45, 7) is 7.28. The van der Waals surface area contributed by atoms with Crippen molar-refractivity contribution < 1.29 is 13.9 Å². The number of hydrogen-bond acceptors (Lipinski definition) is 5. The summed E-state index contributed by atoms with van der Waals surface area (Å²) in [7, 11) is 2.12. The number of ether oxygens (including phenoxy) is 1. The molecule has 0 bridgehead atoms. The first-order chi connectivity index (χ1) is 12.8. The number of nitrogens with zero attached hydrogens (tertiary/aromatic N) is 3. The number of benzene rings is 1. The number of halogens is 1. The first kappa shape index (κ1) is 19.1. The number of rotatable bonds is 5. The van der Waals surface area contributed by atoms with E-state index in [1.165, 1.54) is 24.3 Å². The molecule has 0 spiro atoms. The number of aromatic nitrogens is 1. The van der Waals surface area contributed by atoms with Gasteiger partial charge in [-0.1, -0.05) is 0 Å². The molecule has 1 N–H and O–H groups in total. The van der Waals surface area contributed by atoms with E-state index in [1.807, 2.05) is 6.07 Å². The number of nitrogens with one attached hydrogen (secondary N) is 1. The molecule has 0 saturated carbocycles. The minimum absolute atomic E-state index is 0.327. The number of pyridine rings is 1. The molecule has 2 aromatic rings. The minimum atomic E-state index is -1.13. The van der Waals surface area contributed by atoms with Crippen LogP contribution in [0.1, 0.15) is 13.8 Å². The Labute approximate surface area is 158 Å². The summed E-state index contributed by atoms with van der Waals surface area (Å²) in [4.78, 5) is 21.5. The van der Waals surface area contributed by atoms with Crippen LogP contribution in [0.25, 0.3) is 0 Å². The molecule has 1 aliphatic heterocycles. The van der Waals surface area contributed by atoms with Gasteiger partial charge in [-0.2, -0.15) is 0 Å². The molecule has 0 radical (unpaired) electrons. The van der Waals surface area contributed by atoms with Crippen molar-refractivity contribution in [2.45, 2.75) is 19.4 Å². The molecule has 1 aromatic heterocycles. The summed E-state index contributed by atoms with van der Waals surface area (Å²) >= 11 is 0. The maximum absolute atomic E-state index is 13.0. The predicted molar refractivity (Wildman–Crippen MR) is 104 cm³/mol. The summed E-state index contributed by atoms with van der Waals surface area (Å²) in [6, 6.07) is 9.33. The maximum atomic E-state index is 13.0. The molecule has 3 rings (SSSR count). The molecule has 6 nitrogen and oxygen atoms in total. The fourth-order valence-electron chi connectivity index (χ4n) is 2.82. The fraction of sp³-hybridized carbons (Fsp3) is 0.400. The normalized spacial score (nSPS) is 15.5. The van der Waals surface area contributed by atoms with E-state index >= 15 is 0 Å². The van der Waals surface area contributed by atoms with Gasteiger partial charge in [0.25, 0.3) is 5.91 Å². The number of carbonyl (C=O) groups excluding carboxylic acids is 1. The third-order valence-electron chi connectivity index (χ3n) is 4.59. The van der Waals surface area contributed by atoms with Crippen LogP contribution in [0.3, 0.4) is 0 Å². The topological polar surface area (TPSA) is 57.7 Å². The minimum Gasteiger partial charge on any atom is -0.478 e. The number of likely N-dealkylation sites (N-methyl/N-ethyl adjacent to an activating group) is 1. The van der Waals surface area contributed by atoms with Crippen molar-refractivity contribution in [1.82, 2.24) is 9.88 Å². The molecule has 1 aliphatic rings. The monoisotopic (exact) mass is 372 g/mol. The lowest BCUT2D eigenvalue weighted by Gasteiger charge is -2.33. The largest absolute Gasteiger partial charge is 0.478 e. The number of anilines is 2. The molecular weight excluding hydrogens is 347 g/mol. The highest BCUT2D eigenvalue weighted by molar-refractivity contribution is 5.96. The van der Waals surface area contributed by atoms with Gasteiger partial charge in [0.1, 0.15) is 17.4 Å². The number of carbonyl (C=O) groups is 1. The Morgan fingerprint density at radius 1 is 1.11 bits per heavy atom. The van der Waals surface area contributed by atoms with Crippen LogP contribution in [0.15, 0.2) is 42.6 Å². The average Bonchev–Trinajstić information content (AvgIpc) is 2.65. The first-order valence-electron chi connectivity index (χ1n) is 8.99. The second-order valence-corrected chi connectivity index (χ2v) is 7.21. The smallest absolute Gasteiger partial charge is 0.269 e. The van der Waals surface area contributed by atoms with E-state index in [2.05, 4.69) is 27.1 Å². The highest BCUT2D eigenvalue weighted by Crippen LogP contribution is 2.21. The summed E-state index contributed by atoms with van der Waals surface area (Å²) in [6.07, 6.45) is 1.77. The van der Waals surface area contributed by atoms with E-state index < -0.39 is 5.60 Å². The Bertz CT molecular complexity index is 770. The maximum Gasteiger partial charge on any atom is 0.269 e. The van der Waals surface area contributed by atoms with Crippen LogP contribution in [0.4, 0.5) is 15.9 Å². The van der Waals surface area contributed by atoms with Gasteiger partial charge < -0.3 is 19.9 Å². The van der Waals surface area contributed by atoms with Gasteiger partial charge in [0.2, 0.25) is 0 Å². The zero-order valence-corrected chi connectivity index (χ0v) is 15.9. The molecular formula is C20H25FN4O2. The van der Waals surface area contributed by atoms with Gasteiger partial charge >= 0.3 is 0 Å². The third-order valence-corrected chi connectivity index (χ3v) is 4.59. The average molecular weight is 372 g/mol. The van der Waals surface area contributed by atoms with E-state index in [0.717, 1.165) is 31.9 Å². The zero-order chi connectivity index (χ0) is 19.4. The van der Waals surface area contributed by atoms with Gasteiger partial charge in [-0.25, -0.2) is 9.37 Å². The molecule has 144 valence electrons. The fourth-order valence-corrected chi connectivity index (χ4v) is 2.82.